The van der Waals surface area contributed by atoms with Crippen molar-refractivity contribution >= 4 is 18.4 Å². The highest BCUT2D eigenvalue weighted by Gasteiger charge is 2.24. The lowest BCUT2D eigenvalue weighted by atomic mass is 10.1. The second kappa shape index (κ2) is 12.7. The lowest BCUT2D eigenvalue weighted by Gasteiger charge is -2.35. The van der Waals surface area contributed by atoms with Gasteiger partial charge in [0.15, 0.2) is 19.1 Å². The smallest absolute Gasteiger partial charge is 0.260 e. The minimum absolute atomic E-state index is 0.0412. The van der Waals surface area contributed by atoms with E-state index in [2.05, 4.69) is 18.1 Å². The number of aldehydes is 1. The van der Waals surface area contributed by atoms with Crippen LogP contribution in [0.5, 0.6) is 5.75 Å². The van der Waals surface area contributed by atoms with Gasteiger partial charge in [-0.15, -0.1) is 0 Å². The molecule has 1 saturated heterocycles. The van der Waals surface area contributed by atoms with Crippen LogP contribution < -0.4 is 4.74 Å². The topological polar surface area (TPSA) is 91.7 Å². The van der Waals surface area contributed by atoms with Gasteiger partial charge in [-0.2, -0.15) is 0 Å². The van der Waals surface area contributed by atoms with Crippen LogP contribution in [0.1, 0.15) is 23.1 Å². The number of nitrogens with zero attached hydrogens (tertiary/aromatic N) is 3. The first-order chi connectivity index (χ1) is 16.1. The third-order valence-corrected chi connectivity index (χ3v) is 5.64. The molecule has 1 aliphatic rings. The molecule has 2 aromatic rings. The number of amides is 1. The Balaban J connectivity index is 1.32. The highest BCUT2D eigenvalue weighted by Crippen LogP contribution is 2.14. The van der Waals surface area contributed by atoms with Gasteiger partial charge in [0.2, 0.25) is 0 Å². The molecule has 0 radical (unpaired) electrons. The molecule has 1 fully saturated rings. The lowest BCUT2D eigenvalue weighted by molar-refractivity contribution is -0.138. The molecular formula is C25H31N3O5. The van der Waals surface area contributed by atoms with E-state index in [1.807, 2.05) is 42.5 Å². The Hall–Kier alpha value is -3.23. The van der Waals surface area contributed by atoms with Crippen LogP contribution in [0.3, 0.4) is 0 Å². The first-order valence-electron chi connectivity index (χ1n) is 11.1. The van der Waals surface area contributed by atoms with Gasteiger partial charge < -0.3 is 19.6 Å². The highest BCUT2D eigenvalue weighted by atomic mass is 16.6. The van der Waals surface area contributed by atoms with Crippen LogP contribution in [0.2, 0.25) is 0 Å². The summed E-state index contributed by atoms with van der Waals surface area (Å²) in [6.07, 6.45) is 2.76. The van der Waals surface area contributed by atoms with Crippen molar-refractivity contribution in [2.45, 2.75) is 32.6 Å². The number of hydrogen-bond acceptors (Lipinski definition) is 7. The van der Waals surface area contributed by atoms with Crippen molar-refractivity contribution in [3.63, 3.8) is 0 Å². The molecule has 176 valence electrons. The van der Waals surface area contributed by atoms with Crippen LogP contribution in [-0.2, 0) is 27.5 Å². The molecule has 0 aliphatic carbocycles. The molecule has 2 aromatic carbocycles. The number of rotatable bonds is 11. The molecule has 0 saturated carbocycles. The number of oxime groups is 1. The molecule has 1 atom stereocenters. The molecule has 8 heteroatoms. The van der Waals surface area contributed by atoms with Crippen LogP contribution in [0.25, 0.3) is 0 Å². The van der Waals surface area contributed by atoms with Crippen molar-refractivity contribution in [3.8, 4) is 5.75 Å². The van der Waals surface area contributed by atoms with E-state index < -0.39 is 6.23 Å². The van der Waals surface area contributed by atoms with Gasteiger partial charge >= 0.3 is 0 Å². The standard InChI is InChI=1S/C25H31N3O5/c1-20-5-2-3-7-22(20)18-33-26-12-4-6-21-8-10-23(11-9-21)32-19-25(31)28-15-13-27(14-16-28)24(30)17-29/h2-3,5,7-12,17,24,30H,4,6,13-16,18-19H2,1H3. The Bertz CT molecular complexity index is 924. The van der Waals surface area contributed by atoms with Crippen LogP contribution >= 0.6 is 0 Å². The minimum Gasteiger partial charge on any atom is -0.484 e. The van der Waals surface area contributed by atoms with Gasteiger partial charge in [-0.25, -0.2) is 0 Å². The Morgan fingerprint density at radius 1 is 1.12 bits per heavy atom. The zero-order valence-corrected chi connectivity index (χ0v) is 18.9. The molecule has 0 spiro atoms. The molecule has 1 N–H and O–H groups in total. The number of carbonyl (C=O) groups excluding carboxylic acids is 2. The van der Waals surface area contributed by atoms with E-state index in [4.69, 9.17) is 9.57 Å². The summed E-state index contributed by atoms with van der Waals surface area (Å²) in [6, 6.07) is 15.7. The summed E-state index contributed by atoms with van der Waals surface area (Å²) in [6.45, 7) is 4.31. The van der Waals surface area contributed by atoms with E-state index in [1.54, 1.807) is 16.0 Å². The number of ether oxygens (including phenoxy) is 1. The maximum absolute atomic E-state index is 12.3. The summed E-state index contributed by atoms with van der Waals surface area (Å²) in [5, 5.41) is 13.6. The van der Waals surface area contributed by atoms with Crippen molar-refractivity contribution in [1.82, 2.24) is 9.80 Å². The molecule has 8 nitrogen and oxygen atoms in total. The fourth-order valence-electron chi connectivity index (χ4n) is 3.53. The normalized spacial score (nSPS) is 15.4. The molecule has 3 rings (SSSR count). The van der Waals surface area contributed by atoms with E-state index in [9.17, 15) is 14.7 Å². The van der Waals surface area contributed by atoms with Gasteiger partial charge in [-0.3, -0.25) is 14.5 Å². The summed E-state index contributed by atoms with van der Waals surface area (Å²) >= 11 is 0. The molecular weight excluding hydrogens is 422 g/mol. The fourth-order valence-corrected chi connectivity index (χ4v) is 3.53. The minimum atomic E-state index is -1.10. The van der Waals surface area contributed by atoms with E-state index in [0.717, 1.165) is 24.0 Å². The molecule has 0 bridgehead atoms. The summed E-state index contributed by atoms with van der Waals surface area (Å²) in [5.41, 5.74) is 3.46. The quantitative estimate of drug-likeness (QED) is 0.319. The van der Waals surface area contributed by atoms with Crippen molar-refractivity contribution in [1.29, 1.82) is 0 Å². The monoisotopic (exact) mass is 453 g/mol. The largest absolute Gasteiger partial charge is 0.484 e. The van der Waals surface area contributed by atoms with Crippen LogP contribution in [-0.4, -0.2) is 72.3 Å². The predicted molar refractivity (Wildman–Crippen MR) is 125 cm³/mol. The molecule has 1 heterocycles. The van der Waals surface area contributed by atoms with Gasteiger partial charge in [-0.05, 0) is 48.6 Å². The zero-order chi connectivity index (χ0) is 23.5. The van der Waals surface area contributed by atoms with Gasteiger partial charge in [-0.1, -0.05) is 41.6 Å². The maximum Gasteiger partial charge on any atom is 0.260 e. The van der Waals surface area contributed by atoms with E-state index in [-0.39, 0.29) is 12.5 Å². The van der Waals surface area contributed by atoms with Crippen molar-refractivity contribution in [2.75, 3.05) is 32.8 Å². The predicted octanol–water partition coefficient (Wildman–Crippen LogP) is 2.17. The number of piperazine rings is 1. The van der Waals surface area contributed by atoms with E-state index in [0.29, 0.717) is 44.8 Å². The lowest BCUT2D eigenvalue weighted by Crippen LogP contribution is -2.53. The zero-order valence-electron chi connectivity index (χ0n) is 18.9. The Kier molecular flexibility index (Phi) is 9.41. The molecule has 1 amide bonds. The Morgan fingerprint density at radius 3 is 2.55 bits per heavy atom. The SMILES string of the molecule is Cc1ccccc1CON=CCCc1ccc(OCC(=O)N2CCN(C(O)C=O)CC2)cc1. The first kappa shape index (κ1) is 24.4. The Labute approximate surface area is 194 Å². The van der Waals surface area contributed by atoms with Crippen LogP contribution in [0, 0.1) is 6.92 Å². The highest BCUT2D eigenvalue weighted by molar-refractivity contribution is 5.78. The molecule has 1 aliphatic heterocycles. The number of carbonyl (C=O) groups is 2. The molecule has 1 unspecified atom stereocenters. The number of aliphatic hydroxyl groups excluding tert-OH is 1. The first-order valence-corrected chi connectivity index (χ1v) is 11.1. The molecule has 33 heavy (non-hydrogen) atoms. The molecule has 0 aromatic heterocycles. The second-order valence-electron chi connectivity index (χ2n) is 7.93. The van der Waals surface area contributed by atoms with E-state index in [1.165, 1.54) is 5.56 Å². The van der Waals surface area contributed by atoms with Gasteiger partial charge in [0.1, 0.15) is 12.4 Å². The number of aryl methyl sites for hydroxylation is 2. The third kappa shape index (κ3) is 7.69. The number of hydrogen-bond donors (Lipinski definition) is 1. The van der Waals surface area contributed by atoms with Crippen molar-refractivity contribution in [2.24, 2.45) is 5.16 Å². The number of benzene rings is 2. The van der Waals surface area contributed by atoms with Crippen LogP contribution in [0.15, 0.2) is 53.7 Å². The van der Waals surface area contributed by atoms with Crippen molar-refractivity contribution < 1.29 is 24.3 Å². The summed E-state index contributed by atoms with van der Waals surface area (Å²) < 4.78 is 5.62. The Morgan fingerprint density at radius 2 is 1.85 bits per heavy atom. The van der Waals surface area contributed by atoms with Gasteiger partial charge in [0.25, 0.3) is 5.91 Å². The van der Waals surface area contributed by atoms with Crippen molar-refractivity contribution in [3.05, 3.63) is 65.2 Å². The average Bonchev–Trinajstić information content (AvgIpc) is 2.86. The van der Waals surface area contributed by atoms with Gasteiger partial charge in [0.05, 0.1) is 0 Å². The van der Waals surface area contributed by atoms with Crippen LogP contribution in [0.4, 0.5) is 0 Å². The third-order valence-electron chi connectivity index (χ3n) is 5.64. The summed E-state index contributed by atoms with van der Waals surface area (Å²) in [4.78, 5) is 31.7. The summed E-state index contributed by atoms with van der Waals surface area (Å²) in [7, 11) is 0. The summed E-state index contributed by atoms with van der Waals surface area (Å²) in [5.74, 6) is 0.526. The average molecular weight is 454 g/mol. The van der Waals surface area contributed by atoms with E-state index >= 15 is 0 Å². The van der Waals surface area contributed by atoms with Gasteiger partial charge in [0, 0.05) is 32.4 Å². The number of aliphatic hydroxyl groups is 1. The second-order valence-corrected chi connectivity index (χ2v) is 7.93. The maximum atomic E-state index is 12.3. The fraction of sp³-hybridized carbons (Fsp3) is 0.400.